The molecule has 4 aromatic carbocycles. The van der Waals surface area contributed by atoms with Gasteiger partial charge in [-0.25, -0.2) is 21.6 Å². The minimum Gasteiger partial charge on any atom is -0.478 e. The highest BCUT2D eigenvalue weighted by molar-refractivity contribution is 7.91. The molecule has 0 saturated heterocycles. The summed E-state index contributed by atoms with van der Waals surface area (Å²) < 4.78 is 48.2. The molecule has 1 heterocycles. The van der Waals surface area contributed by atoms with Gasteiger partial charge in [-0.2, -0.15) is 0 Å². The Bertz CT molecular complexity index is 2080. The summed E-state index contributed by atoms with van der Waals surface area (Å²) in [7, 11) is -6.88. The number of hydrogen-bond acceptors (Lipinski definition) is 6. The van der Waals surface area contributed by atoms with Crippen molar-refractivity contribution in [1.29, 1.82) is 0 Å². The number of aromatic carboxylic acids is 1. The predicted octanol–water partition coefficient (Wildman–Crippen LogP) is 6.62. The number of rotatable bonds is 7. The van der Waals surface area contributed by atoms with Gasteiger partial charge in [-0.1, -0.05) is 48.5 Å². The third-order valence-corrected chi connectivity index (χ3v) is 10.9. The monoisotopic (exact) mass is 599 g/mol. The third-order valence-electron chi connectivity index (χ3n) is 7.70. The molecule has 0 spiro atoms. The van der Waals surface area contributed by atoms with E-state index in [1.807, 2.05) is 30.3 Å². The lowest BCUT2D eigenvalue weighted by atomic mass is 9.88. The second kappa shape index (κ2) is 10.5. The molecule has 0 aliphatic carbocycles. The van der Waals surface area contributed by atoms with Crippen molar-refractivity contribution in [2.45, 2.75) is 23.5 Å². The van der Waals surface area contributed by atoms with Crippen molar-refractivity contribution in [2.75, 3.05) is 12.5 Å². The van der Waals surface area contributed by atoms with Crippen LogP contribution < -0.4 is 0 Å². The summed E-state index contributed by atoms with van der Waals surface area (Å²) in [6.07, 6.45) is 3.96. The van der Waals surface area contributed by atoms with Gasteiger partial charge in [0.15, 0.2) is 19.7 Å². The maximum Gasteiger partial charge on any atom is 0.336 e. The number of carboxylic acids is 1. The largest absolute Gasteiger partial charge is 0.478 e. The molecule has 1 aromatic heterocycles. The molecular weight excluding hydrogens is 570 g/mol. The van der Waals surface area contributed by atoms with E-state index in [0.717, 1.165) is 28.5 Å². The van der Waals surface area contributed by atoms with Crippen LogP contribution >= 0.6 is 0 Å². The molecule has 0 aliphatic rings. The Kier molecular flexibility index (Phi) is 7.28. The zero-order chi connectivity index (χ0) is 30.4. The van der Waals surface area contributed by atoms with Crippen LogP contribution in [-0.4, -0.2) is 45.4 Å². The van der Waals surface area contributed by atoms with Crippen LogP contribution in [0.15, 0.2) is 102 Å². The summed E-state index contributed by atoms with van der Waals surface area (Å²) in [5.41, 5.74) is 5.21. The van der Waals surface area contributed by atoms with Crippen LogP contribution in [0.5, 0.6) is 0 Å². The smallest absolute Gasteiger partial charge is 0.336 e. The average Bonchev–Trinajstić information content (AvgIpc) is 2.95. The molecule has 42 heavy (non-hydrogen) atoms. The minimum absolute atomic E-state index is 0.0509. The van der Waals surface area contributed by atoms with E-state index in [4.69, 9.17) is 0 Å². The Morgan fingerprint density at radius 2 is 1.33 bits per heavy atom. The summed E-state index contributed by atoms with van der Waals surface area (Å²) in [5, 5.41) is 10.9. The van der Waals surface area contributed by atoms with Crippen LogP contribution in [0.4, 0.5) is 0 Å². The summed E-state index contributed by atoms with van der Waals surface area (Å²) in [6, 6.07) is 26.3. The first-order valence-corrected chi connectivity index (χ1v) is 16.8. The summed E-state index contributed by atoms with van der Waals surface area (Å²) >= 11 is 0. The molecule has 214 valence electrons. The first-order valence-electron chi connectivity index (χ1n) is 13.0. The van der Waals surface area contributed by atoms with Gasteiger partial charge in [0.1, 0.15) is 0 Å². The topological polar surface area (TPSA) is 118 Å². The molecule has 0 radical (unpaired) electrons. The van der Waals surface area contributed by atoms with E-state index in [1.54, 1.807) is 80.7 Å². The maximum absolute atomic E-state index is 12.8. The molecule has 0 fully saturated rings. The molecule has 0 unspecified atom stereocenters. The average molecular weight is 600 g/mol. The van der Waals surface area contributed by atoms with Crippen LogP contribution in [0, 0.1) is 0 Å². The van der Waals surface area contributed by atoms with Crippen molar-refractivity contribution in [3.63, 3.8) is 0 Å². The normalized spacial score (nSPS) is 12.4. The Hall–Kier alpha value is -4.34. The van der Waals surface area contributed by atoms with Gasteiger partial charge in [-0.15, -0.1) is 0 Å². The van der Waals surface area contributed by atoms with Crippen LogP contribution in [-0.2, 0) is 24.4 Å². The van der Waals surface area contributed by atoms with E-state index >= 15 is 0 Å². The second-order valence-corrected chi connectivity index (χ2v) is 15.4. The molecule has 7 nitrogen and oxygen atoms in total. The van der Waals surface area contributed by atoms with E-state index in [9.17, 15) is 26.7 Å². The van der Waals surface area contributed by atoms with Gasteiger partial charge in [-0.3, -0.25) is 4.98 Å². The molecule has 0 amide bonds. The Balaban J connectivity index is 1.77. The van der Waals surface area contributed by atoms with E-state index < -0.39 is 30.4 Å². The highest BCUT2D eigenvalue weighted by Crippen LogP contribution is 2.40. The summed E-state index contributed by atoms with van der Waals surface area (Å²) in [4.78, 5) is 17.2. The van der Waals surface area contributed by atoms with Crippen molar-refractivity contribution in [1.82, 2.24) is 4.98 Å². The highest BCUT2D eigenvalue weighted by Gasteiger charge is 2.33. The number of hydrogen-bond donors (Lipinski definition) is 1. The van der Waals surface area contributed by atoms with Gasteiger partial charge in [0.2, 0.25) is 0 Å². The quantitative estimate of drug-likeness (QED) is 0.223. The number of pyridine rings is 1. The van der Waals surface area contributed by atoms with Crippen molar-refractivity contribution < 1.29 is 26.7 Å². The van der Waals surface area contributed by atoms with Crippen molar-refractivity contribution in [3.8, 4) is 33.4 Å². The minimum atomic E-state index is -3.52. The van der Waals surface area contributed by atoms with Crippen LogP contribution in [0.2, 0.25) is 0 Å². The molecule has 9 heteroatoms. The molecular formula is C33H29NO6S2. The first kappa shape index (κ1) is 29.2. The van der Waals surface area contributed by atoms with Gasteiger partial charge in [0.05, 0.1) is 20.7 Å². The number of benzene rings is 4. The second-order valence-electron chi connectivity index (χ2n) is 10.8. The number of fused-ring (bicyclic) bond motifs is 1. The van der Waals surface area contributed by atoms with Crippen molar-refractivity contribution in [2.24, 2.45) is 0 Å². The number of sulfone groups is 2. The fourth-order valence-corrected chi connectivity index (χ4v) is 6.13. The number of aromatic nitrogens is 1. The highest BCUT2D eigenvalue weighted by atomic mass is 32.2. The standard InChI is InChI=1S/C33H29NO6S2/c1-33(2,42(4,39)40)24-18-23-8-7-17-34-31(23)30(20-24)29-19-22(13-16-28(29)32(35)36)27-10-6-5-9-26(27)21-11-14-25(15-12-21)41(3,37)38/h5-20H,1-4H3,(H,35,36). The van der Waals surface area contributed by atoms with Crippen LogP contribution in [0.1, 0.15) is 29.8 Å². The molecule has 5 rings (SSSR count). The van der Waals surface area contributed by atoms with Crippen LogP contribution in [0.25, 0.3) is 44.3 Å². The van der Waals surface area contributed by atoms with Crippen LogP contribution in [0.3, 0.4) is 0 Å². The SMILES string of the molecule is CC(C)(c1cc(-c2cc(-c3ccccc3-c3ccc(S(C)(=O)=O)cc3)ccc2C(=O)O)c2ncccc2c1)S(C)(=O)=O. The fourth-order valence-electron chi connectivity index (χ4n) is 4.95. The van der Waals surface area contributed by atoms with Gasteiger partial charge < -0.3 is 5.11 Å². The lowest BCUT2D eigenvalue weighted by molar-refractivity contribution is 0.0697. The van der Waals surface area contributed by atoms with E-state index in [2.05, 4.69) is 4.98 Å². The Morgan fingerprint density at radius 1 is 0.714 bits per heavy atom. The summed E-state index contributed by atoms with van der Waals surface area (Å²) in [6.45, 7) is 3.26. The van der Waals surface area contributed by atoms with E-state index in [-0.39, 0.29) is 10.5 Å². The van der Waals surface area contributed by atoms with Gasteiger partial charge in [0.25, 0.3) is 0 Å². The first-order chi connectivity index (χ1) is 19.7. The summed E-state index contributed by atoms with van der Waals surface area (Å²) in [5.74, 6) is -1.13. The number of nitrogens with zero attached hydrogens (tertiary/aromatic N) is 1. The molecule has 0 saturated carbocycles. The molecule has 5 aromatic rings. The molecule has 1 N–H and O–H groups in total. The third kappa shape index (κ3) is 5.33. The van der Waals surface area contributed by atoms with E-state index in [1.165, 1.54) is 6.26 Å². The molecule has 0 aliphatic heterocycles. The number of carboxylic acid groups (broad SMARTS) is 1. The fraction of sp³-hybridized carbons (Fsp3) is 0.152. The van der Waals surface area contributed by atoms with Gasteiger partial charge >= 0.3 is 5.97 Å². The predicted molar refractivity (Wildman–Crippen MR) is 166 cm³/mol. The molecule has 0 atom stereocenters. The zero-order valence-electron chi connectivity index (χ0n) is 23.5. The zero-order valence-corrected chi connectivity index (χ0v) is 25.1. The maximum atomic E-state index is 12.8. The Labute approximate surface area is 245 Å². The van der Waals surface area contributed by atoms with Crippen molar-refractivity contribution in [3.05, 3.63) is 108 Å². The number of carbonyl (C=O) groups is 1. The van der Waals surface area contributed by atoms with E-state index in [0.29, 0.717) is 27.6 Å². The van der Waals surface area contributed by atoms with Gasteiger partial charge in [-0.05, 0) is 89.7 Å². The Morgan fingerprint density at radius 3 is 1.93 bits per heavy atom. The lowest BCUT2D eigenvalue weighted by Crippen LogP contribution is -2.28. The van der Waals surface area contributed by atoms with Gasteiger partial charge in [0, 0.05) is 29.7 Å². The molecule has 0 bridgehead atoms. The lowest BCUT2D eigenvalue weighted by Gasteiger charge is -2.25. The van der Waals surface area contributed by atoms with Crippen molar-refractivity contribution >= 4 is 36.5 Å².